The van der Waals surface area contributed by atoms with Gasteiger partial charge in [0, 0.05) is 12.2 Å². The maximum Gasteiger partial charge on any atom is 0.331 e. The van der Waals surface area contributed by atoms with Gasteiger partial charge in [0.25, 0.3) is 0 Å². The Morgan fingerprint density at radius 1 is 0.750 bits per heavy atom. The van der Waals surface area contributed by atoms with Crippen molar-refractivity contribution in [3.63, 3.8) is 0 Å². The number of carbonyl (C=O) groups is 2. The lowest BCUT2D eigenvalue weighted by atomic mass is 10.1. The van der Waals surface area contributed by atoms with E-state index in [1.807, 2.05) is 13.8 Å². The van der Waals surface area contributed by atoms with Gasteiger partial charge in [0.1, 0.15) is 0 Å². The Morgan fingerprint density at radius 2 is 1.05 bits per heavy atom. The highest BCUT2D eigenvalue weighted by Gasteiger charge is 2.11. The van der Waals surface area contributed by atoms with Crippen LogP contribution in [0.25, 0.3) is 0 Å². The first kappa shape index (κ1) is 18.7. The number of carbonyl (C=O) groups excluding carboxylic acids is 2. The molecule has 0 fully saturated rings. The van der Waals surface area contributed by atoms with E-state index in [1.54, 1.807) is 0 Å². The largest absolute Gasteiger partial charge is 0.460 e. The minimum Gasteiger partial charge on any atom is -0.460 e. The molecule has 0 aliphatic rings. The van der Waals surface area contributed by atoms with E-state index in [2.05, 4.69) is 27.7 Å². The van der Waals surface area contributed by atoms with Gasteiger partial charge in [-0.2, -0.15) is 0 Å². The highest BCUT2D eigenvalue weighted by molar-refractivity contribution is 5.91. The number of rotatable bonds is 8. The van der Waals surface area contributed by atoms with Crippen molar-refractivity contribution in [3.8, 4) is 0 Å². The van der Waals surface area contributed by atoms with Gasteiger partial charge in [-0.3, -0.25) is 0 Å². The number of hydrogen-bond donors (Lipinski definition) is 0. The summed E-state index contributed by atoms with van der Waals surface area (Å²) in [6.45, 7) is 11.9. The average Bonchev–Trinajstić information content (AvgIpc) is 2.23. The van der Waals surface area contributed by atoms with Gasteiger partial charge in [0.05, 0.1) is 12.2 Å². The van der Waals surface area contributed by atoms with Gasteiger partial charge in [-0.1, -0.05) is 27.7 Å². The van der Waals surface area contributed by atoms with E-state index in [0.29, 0.717) is 11.8 Å². The molecule has 4 heteroatoms. The molecular weight excluding hydrogens is 256 g/mol. The van der Waals surface area contributed by atoms with Crippen molar-refractivity contribution in [3.05, 3.63) is 12.2 Å². The van der Waals surface area contributed by atoms with Crippen molar-refractivity contribution < 1.29 is 19.1 Å². The van der Waals surface area contributed by atoms with Crippen LogP contribution in [0.1, 0.15) is 54.4 Å². The van der Waals surface area contributed by atoms with E-state index in [9.17, 15) is 9.59 Å². The molecule has 0 amide bonds. The first-order chi connectivity index (χ1) is 9.20. The number of esters is 2. The molecule has 20 heavy (non-hydrogen) atoms. The summed E-state index contributed by atoms with van der Waals surface area (Å²) in [5, 5.41) is 0. The van der Waals surface area contributed by atoms with E-state index in [1.165, 1.54) is 0 Å². The molecule has 0 aliphatic carbocycles. The molecule has 4 nitrogen and oxygen atoms in total. The minimum atomic E-state index is -0.508. The second-order valence-corrected chi connectivity index (χ2v) is 6.09. The summed E-state index contributed by atoms with van der Waals surface area (Å²) in [4.78, 5) is 23.0. The molecule has 2 atom stereocenters. The first-order valence-corrected chi connectivity index (χ1v) is 7.30. The molecule has 0 saturated carbocycles. The number of hydrogen-bond acceptors (Lipinski definition) is 4. The first-order valence-electron chi connectivity index (χ1n) is 7.30. The van der Waals surface area contributed by atoms with Crippen LogP contribution in [0, 0.1) is 11.8 Å². The van der Waals surface area contributed by atoms with Crippen molar-refractivity contribution in [2.24, 2.45) is 11.8 Å². The number of ether oxygens (including phenoxy) is 2. The zero-order valence-electron chi connectivity index (χ0n) is 13.5. The van der Waals surface area contributed by atoms with Crippen LogP contribution in [0.4, 0.5) is 0 Å². The quantitative estimate of drug-likeness (QED) is 0.505. The molecule has 0 aromatic carbocycles. The third-order valence-electron chi connectivity index (χ3n) is 2.60. The van der Waals surface area contributed by atoms with E-state index < -0.39 is 11.9 Å². The van der Waals surface area contributed by atoms with Crippen LogP contribution in [0.3, 0.4) is 0 Å². The monoisotopic (exact) mass is 284 g/mol. The fourth-order valence-corrected chi connectivity index (χ4v) is 2.04. The summed E-state index contributed by atoms with van der Waals surface area (Å²) < 4.78 is 10.3. The topological polar surface area (TPSA) is 52.6 Å². The van der Waals surface area contributed by atoms with E-state index in [-0.39, 0.29) is 12.2 Å². The zero-order valence-corrected chi connectivity index (χ0v) is 13.5. The molecule has 0 bridgehead atoms. The molecule has 116 valence electrons. The normalized spacial score (nSPS) is 14.6. The van der Waals surface area contributed by atoms with Crippen molar-refractivity contribution in [1.82, 2.24) is 0 Å². The molecule has 0 unspecified atom stereocenters. The second kappa shape index (κ2) is 9.56. The molecule has 0 rings (SSSR count). The summed E-state index contributed by atoms with van der Waals surface area (Å²) in [7, 11) is 0. The van der Waals surface area contributed by atoms with Gasteiger partial charge < -0.3 is 9.47 Å². The summed E-state index contributed by atoms with van der Waals surface area (Å²) in [6.07, 6.45) is 3.55. The van der Waals surface area contributed by atoms with Gasteiger partial charge in [0.2, 0.25) is 0 Å². The lowest BCUT2D eigenvalue weighted by molar-refractivity contribution is -0.145. The summed E-state index contributed by atoms with van der Waals surface area (Å²) in [5.74, 6) is -0.0921. The SMILES string of the molecule is CC(C)C[C@@H](C)OC(=O)/C=C/C(=O)O[C@@H](C)CC(C)C. The van der Waals surface area contributed by atoms with Crippen LogP contribution in [0.15, 0.2) is 12.2 Å². The molecule has 0 spiro atoms. The van der Waals surface area contributed by atoms with Gasteiger partial charge in [0.15, 0.2) is 0 Å². The Labute approximate surface area is 122 Å². The molecule has 0 saturated heterocycles. The summed E-state index contributed by atoms with van der Waals surface area (Å²) in [6, 6.07) is 0. The molecular formula is C16H28O4. The van der Waals surface area contributed by atoms with Crippen LogP contribution >= 0.6 is 0 Å². The van der Waals surface area contributed by atoms with Gasteiger partial charge >= 0.3 is 11.9 Å². The third kappa shape index (κ3) is 10.6. The summed E-state index contributed by atoms with van der Waals surface area (Å²) in [5.41, 5.74) is 0. The Morgan fingerprint density at radius 3 is 1.30 bits per heavy atom. The van der Waals surface area contributed by atoms with Gasteiger partial charge in [-0.05, 0) is 38.5 Å². The molecule has 0 heterocycles. The fraction of sp³-hybridized carbons (Fsp3) is 0.750. The van der Waals surface area contributed by atoms with Crippen LogP contribution in [-0.4, -0.2) is 24.1 Å². The summed E-state index contributed by atoms with van der Waals surface area (Å²) >= 11 is 0. The second-order valence-electron chi connectivity index (χ2n) is 6.09. The Balaban J connectivity index is 4.08. The molecule has 0 aliphatic heterocycles. The minimum absolute atomic E-state index is 0.150. The lowest BCUT2D eigenvalue weighted by Gasteiger charge is -2.14. The van der Waals surface area contributed by atoms with Crippen molar-refractivity contribution in [2.45, 2.75) is 66.6 Å². The van der Waals surface area contributed by atoms with E-state index in [4.69, 9.17) is 9.47 Å². The Kier molecular flexibility index (Phi) is 8.93. The average molecular weight is 284 g/mol. The van der Waals surface area contributed by atoms with Crippen molar-refractivity contribution >= 4 is 11.9 Å². The molecule has 0 radical (unpaired) electrons. The zero-order chi connectivity index (χ0) is 15.7. The van der Waals surface area contributed by atoms with Crippen LogP contribution in [0.5, 0.6) is 0 Å². The van der Waals surface area contributed by atoms with E-state index in [0.717, 1.165) is 25.0 Å². The predicted molar refractivity (Wildman–Crippen MR) is 79.2 cm³/mol. The highest BCUT2D eigenvalue weighted by Crippen LogP contribution is 2.09. The lowest BCUT2D eigenvalue weighted by Crippen LogP contribution is -2.17. The van der Waals surface area contributed by atoms with Crippen molar-refractivity contribution in [2.75, 3.05) is 0 Å². The van der Waals surface area contributed by atoms with Gasteiger partial charge in [-0.25, -0.2) is 9.59 Å². The van der Waals surface area contributed by atoms with Crippen LogP contribution in [0.2, 0.25) is 0 Å². The molecule has 0 aromatic rings. The highest BCUT2D eigenvalue weighted by atomic mass is 16.5. The van der Waals surface area contributed by atoms with Crippen molar-refractivity contribution in [1.29, 1.82) is 0 Å². The molecule has 0 N–H and O–H groups in total. The van der Waals surface area contributed by atoms with Gasteiger partial charge in [-0.15, -0.1) is 0 Å². The Hall–Kier alpha value is -1.32. The maximum absolute atomic E-state index is 11.5. The molecule has 0 aromatic heterocycles. The smallest absolute Gasteiger partial charge is 0.331 e. The van der Waals surface area contributed by atoms with Crippen LogP contribution in [-0.2, 0) is 19.1 Å². The van der Waals surface area contributed by atoms with Crippen LogP contribution < -0.4 is 0 Å². The predicted octanol–water partition coefficient (Wildman–Crippen LogP) is 3.50. The standard InChI is InChI=1S/C16H28O4/c1-11(2)9-13(5)19-15(17)7-8-16(18)20-14(6)10-12(3)4/h7-8,11-14H,9-10H2,1-6H3/b8-7+/t13-,14+. The van der Waals surface area contributed by atoms with E-state index >= 15 is 0 Å². The maximum atomic E-state index is 11.5. The third-order valence-corrected chi connectivity index (χ3v) is 2.60. The Bertz CT molecular complexity index is 299. The fourth-order valence-electron chi connectivity index (χ4n) is 2.04.